The van der Waals surface area contributed by atoms with Crippen LogP contribution in [0.3, 0.4) is 0 Å². The number of nitrogens with zero attached hydrogens (tertiary/aromatic N) is 2. The first-order valence-electron chi connectivity index (χ1n) is 7.50. The summed E-state index contributed by atoms with van der Waals surface area (Å²) in [7, 11) is 0. The lowest BCUT2D eigenvalue weighted by molar-refractivity contribution is 0.102. The molecule has 0 unspecified atom stereocenters. The summed E-state index contributed by atoms with van der Waals surface area (Å²) in [6, 6.07) is 9.60. The fourth-order valence-corrected chi connectivity index (χ4v) is 2.76. The lowest BCUT2D eigenvalue weighted by atomic mass is 10.1. The molecule has 0 saturated carbocycles. The van der Waals surface area contributed by atoms with Gasteiger partial charge in [-0.25, -0.2) is 9.37 Å². The molecule has 25 heavy (non-hydrogen) atoms. The van der Waals surface area contributed by atoms with Crippen molar-refractivity contribution < 1.29 is 9.18 Å². The molecule has 2 aromatic heterocycles. The van der Waals surface area contributed by atoms with Crippen molar-refractivity contribution in [2.24, 2.45) is 0 Å². The number of aryl methyl sites for hydroxylation is 1. The SMILES string of the molecule is Cc1cc(C(=O)Nc2ccc(F)c(CNc3cccnc3N)c2)ns1. The van der Waals surface area contributed by atoms with E-state index in [0.717, 1.165) is 4.88 Å². The molecule has 128 valence electrons. The van der Waals surface area contributed by atoms with E-state index in [-0.39, 0.29) is 18.3 Å². The van der Waals surface area contributed by atoms with Crippen molar-refractivity contribution >= 4 is 34.6 Å². The first-order chi connectivity index (χ1) is 12.0. The zero-order chi connectivity index (χ0) is 17.8. The molecule has 0 aliphatic heterocycles. The van der Waals surface area contributed by atoms with Crippen LogP contribution in [0.15, 0.2) is 42.6 Å². The van der Waals surface area contributed by atoms with Crippen molar-refractivity contribution in [2.75, 3.05) is 16.4 Å². The Bertz CT molecular complexity index is 912. The molecule has 0 bridgehead atoms. The standard InChI is InChI=1S/C17H16FN5OS/c1-10-7-15(23-25-10)17(24)22-12-4-5-13(18)11(8-12)9-21-14-3-2-6-20-16(14)19/h2-8,21H,9H2,1H3,(H2,19,20)(H,22,24). The van der Waals surface area contributed by atoms with E-state index in [2.05, 4.69) is 20.0 Å². The fraction of sp³-hybridized carbons (Fsp3) is 0.118. The zero-order valence-corrected chi connectivity index (χ0v) is 14.2. The van der Waals surface area contributed by atoms with Gasteiger partial charge < -0.3 is 16.4 Å². The molecular formula is C17H16FN5OS. The second-order valence-electron chi connectivity index (χ2n) is 5.37. The van der Waals surface area contributed by atoms with E-state index in [9.17, 15) is 9.18 Å². The van der Waals surface area contributed by atoms with Crippen LogP contribution < -0.4 is 16.4 Å². The van der Waals surface area contributed by atoms with Crippen molar-refractivity contribution in [1.82, 2.24) is 9.36 Å². The Balaban J connectivity index is 1.72. The molecule has 4 N–H and O–H groups in total. The molecule has 0 spiro atoms. The maximum atomic E-state index is 14.0. The van der Waals surface area contributed by atoms with Gasteiger partial charge in [0.05, 0.1) is 5.69 Å². The van der Waals surface area contributed by atoms with Gasteiger partial charge in [-0.2, -0.15) is 4.37 Å². The summed E-state index contributed by atoms with van der Waals surface area (Å²) in [6.45, 7) is 2.08. The number of hydrogen-bond donors (Lipinski definition) is 3. The van der Waals surface area contributed by atoms with Crippen molar-refractivity contribution in [1.29, 1.82) is 0 Å². The van der Waals surface area contributed by atoms with Crippen molar-refractivity contribution in [3.63, 3.8) is 0 Å². The molecule has 0 radical (unpaired) electrons. The lowest BCUT2D eigenvalue weighted by Crippen LogP contribution is -2.13. The van der Waals surface area contributed by atoms with Gasteiger partial charge in [-0.15, -0.1) is 0 Å². The highest BCUT2D eigenvalue weighted by molar-refractivity contribution is 7.05. The van der Waals surface area contributed by atoms with Gasteiger partial charge in [-0.05, 0) is 54.9 Å². The number of amides is 1. The van der Waals surface area contributed by atoms with E-state index >= 15 is 0 Å². The molecule has 0 atom stereocenters. The Morgan fingerprint density at radius 2 is 2.16 bits per heavy atom. The minimum atomic E-state index is -0.377. The maximum absolute atomic E-state index is 14.0. The van der Waals surface area contributed by atoms with Gasteiger partial charge in [-0.1, -0.05) is 0 Å². The van der Waals surface area contributed by atoms with Crippen molar-refractivity contribution in [3.05, 3.63) is 64.5 Å². The highest BCUT2D eigenvalue weighted by atomic mass is 32.1. The van der Waals surface area contributed by atoms with Crippen LogP contribution in [0.1, 0.15) is 20.9 Å². The van der Waals surface area contributed by atoms with Gasteiger partial charge in [0.25, 0.3) is 5.91 Å². The van der Waals surface area contributed by atoms with Crippen LogP contribution in [0.25, 0.3) is 0 Å². The molecule has 2 heterocycles. The average Bonchev–Trinajstić information content (AvgIpc) is 3.03. The third-order valence-electron chi connectivity index (χ3n) is 3.47. The minimum Gasteiger partial charge on any atom is -0.382 e. The number of benzene rings is 1. The van der Waals surface area contributed by atoms with Crippen LogP contribution in [-0.4, -0.2) is 15.3 Å². The summed E-state index contributed by atoms with van der Waals surface area (Å²) in [5, 5.41) is 5.76. The molecular weight excluding hydrogens is 341 g/mol. The molecule has 6 nitrogen and oxygen atoms in total. The smallest absolute Gasteiger partial charge is 0.275 e. The summed E-state index contributed by atoms with van der Waals surface area (Å²) < 4.78 is 18.1. The third-order valence-corrected chi connectivity index (χ3v) is 4.17. The average molecular weight is 357 g/mol. The van der Waals surface area contributed by atoms with Crippen molar-refractivity contribution in [3.8, 4) is 0 Å². The fourth-order valence-electron chi connectivity index (χ4n) is 2.21. The van der Waals surface area contributed by atoms with Gasteiger partial charge in [0.1, 0.15) is 17.3 Å². The Morgan fingerprint density at radius 3 is 2.88 bits per heavy atom. The van der Waals surface area contributed by atoms with E-state index in [0.29, 0.717) is 28.5 Å². The van der Waals surface area contributed by atoms with Gasteiger partial charge in [0, 0.05) is 28.9 Å². The largest absolute Gasteiger partial charge is 0.382 e. The predicted molar refractivity (Wildman–Crippen MR) is 97.2 cm³/mol. The Labute approximate surface area is 148 Å². The van der Waals surface area contributed by atoms with Crippen LogP contribution in [0.4, 0.5) is 21.6 Å². The highest BCUT2D eigenvalue weighted by Crippen LogP contribution is 2.20. The molecule has 1 amide bonds. The third kappa shape index (κ3) is 4.10. The van der Waals surface area contributed by atoms with E-state index in [1.54, 1.807) is 30.5 Å². The van der Waals surface area contributed by atoms with Crippen LogP contribution in [0.5, 0.6) is 0 Å². The summed E-state index contributed by atoms with van der Waals surface area (Å²) >= 11 is 1.26. The number of rotatable bonds is 5. The molecule has 0 fully saturated rings. The number of nitrogen functional groups attached to an aromatic ring is 1. The van der Waals surface area contributed by atoms with Gasteiger partial charge >= 0.3 is 0 Å². The number of carbonyl (C=O) groups is 1. The van der Waals surface area contributed by atoms with E-state index in [4.69, 9.17) is 5.73 Å². The highest BCUT2D eigenvalue weighted by Gasteiger charge is 2.11. The van der Waals surface area contributed by atoms with Gasteiger partial charge in [0.2, 0.25) is 0 Å². The number of carbonyl (C=O) groups excluding carboxylic acids is 1. The summed E-state index contributed by atoms with van der Waals surface area (Å²) in [5.41, 5.74) is 7.61. The summed E-state index contributed by atoms with van der Waals surface area (Å²) in [6.07, 6.45) is 1.58. The first-order valence-corrected chi connectivity index (χ1v) is 8.28. The predicted octanol–water partition coefficient (Wildman–Crippen LogP) is 3.43. The van der Waals surface area contributed by atoms with E-state index < -0.39 is 0 Å². The first kappa shape index (κ1) is 16.8. The quantitative estimate of drug-likeness (QED) is 0.650. The molecule has 1 aromatic carbocycles. The Kier molecular flexibility index (Phi) is 4.90. The Morgan fingerprint density at radius 1 is 1.32 bits per heavy atom. The number of nitrogens with one attached hydrogen (secondary N) is 2. The van der Waals surface area contributed by atoms with Crippen LogP contribution in [0, 0.1) is 12.7 Å². The lowest BCUT2D eigenvalue weighted by Gasteiger charge is -2.11. The summed E-state index contributed by atoms with van der Waals surface area (Å²) in [5.74, 6) is -0.366. The maximum Gasteiger partial charge on any atom is 0.275 e. The monoisotopic (exact) mass is 357 g/mol. The second kappa shape index (κ2) is 7.27. The molecule has 0 saturated heterocycles. The van der Waals surface area contributed by atoms with Crippen LogP contribution >= 0.6 is 11.5 Å². The van der Waals surface area contributed by atoms with E-state index in [1.165, 1.54) is 23.7 Å². The Hall–Kier alpha value is -3.00. The normalized spacial score (nSPS) is 10.5. The van der Waals surface area contributed by atoms with E-state index in [1.807, 2.05) is 6.92 Å². The molecule has 8 heteroatoms. The molecule has 3 rings (SSSR count). The number of pyridine rings is 1. The zero-order valence-electron chi connectivity index (χ0n) is 13.4. The van der Waals surface area contributed by atoms with Gasteiger partial charge in [-0.3, -0.25) is 4.79 Å². The number of aromatic nitrogens is 2. The summed E-state index contributed by atoms with van der Waals surface area (Å²) in [4.78, 5) is 17.1. The number of nitrogens with two attached hydrogens (primary N) is 1. The number of anilines is 3. The van der Waals surface area contributed by atoms with Crippen LogP contribution in [-0.2, 0) is 6.54 Å². The molecule has 3 aromatic rings. The topological polar surface area (TPSA) is 92.9 Å². The molecule has 0 aliphatic carbocycles. The minimum absolute atomic E-state index is 0.210. The van der Waals surface area contributed by atoms with Crippen molar-refractivity contribution in [2.45, 2.75) is 13.5 Å². The second-order valence-corrected chi connectivity index (χ2v) is 6.38. The van der Waals surface area contributed by atoms with Crippen LogP contribution in [0.2, 0.25) is 0 Å². The number of hydrogen-bond acceptors (Lipinski definition) is 6. The number of halogens is 1. The van der Waals surface area contributed by atoms with Gasteiger partial charge in [0.15, 0.2) is 0 Å². The molecule has 0 aliphatic rings.